The zero-order valence-corrected chi connectivity index (χ0v) is 49.8. The van der Waals surface area contributed by atoms with Gasteiger partial charge in [-0.3, -0.25) is 9.69 Å². The van der Waals surface area contributed by atoms with Gasteiger partial charge in [-0.25, -0.2) is 41.5 Å². The molecule has 6 heterocycles. The second kappa shape index (κ2) is 25.7. The maximum atomic E-state index is 17.2. The summed E-state index contributed by atoms with van der Waals surface area (Å²) in [6, 6.07) is 17.8. The van der Waals surface area contributed by atoms with Crippen LogP contribution in [0.4, 0.5) is 42.9 Å². The molecule has 4 saturated heterocycles. The van der Waals surface area contributed by atoms with Crippen LogP contribution in [0.5, 0.6) is 0 Å². The van der Waals surface area contributed by atoms with Crippen molar-refractivity contribution in [1.82, 2.24) is 40.4 Å². The van der Waals surface area contributed by atoms with E-state index >= 15 is 17.6 Å². The molecule has 88 heavy (non-hydrogen) atoms. The lowest BCUT2D eigenvalue weighted by atomic mass is 9.88. The summed E-state index contributed by atoms with van der Waals surface area (Å²) in [5.74, 6) is -3.05. The summed E-state index contributed by atoms with van der Waals surface area (Å²) in [6.45, 7) is 4.40. The average Bonchev–Trinajstić information content (AvgIpc) is 1.90. The summed E-state index contributed by atoms with van der Waals surface area (Å²) in [6.07, 6.45) is -0.851. The predicted molar refractivity (Wildman–Crippen MR) is 318 cm³/mol. The van der Waals surface area contributed by atoms with Crippen molar-refractivity contribution < 1.29 is 65.5 Å². The number of alkyl carbamates (subject to hydrolysis) is 2. The third-order valence-corrected chi connectivity index (χ3v) is 18.6. The number of aromatic nitrogens is 4. The number of aromatic amines is 2. The fourth-order valence-corrected chi connectivity index (χ4v) is 13.8. The fraction of sp³-hybridized carbons (Fsp3) is 0.453. The van der Waals surface area contributed by atoms with E-state index in [0.717, 1.165) is 23.8 Å². The molecule has 468 valence electrons. The largest absolute Gasteiger partial charge is 0.453 e. The first-order valence-corrected chi connectivity index (χ1v) is 29.7. The number of aliphatic hydroxyl groups excluding tert-OH is 2. The average molecular weight is 1220 g/mol. The number of amides is 3. The Balaban J connectivity index is 0.923. The summed E-state index contributed by atoms with van der Waals surface area (Å²) in [7, 11) is 5.13. The zero-order valence-electron chi connectivity index (χ0n) is 49.8. The molecule has 0 spiro atoms. The Labute approximate surface area is 505 Å². The van der Waals surface area contributed by atoms with Crippen LogP contribution in [0.25, 0.3) is 33.2 Å². The molecule has 5 aromatic carbocycles. The van der Waals surface area contributed by atoms with Crippen molar-refractivity contribution in [3.05, 3.63) is 142 Å². The quantitative estimate of drug-likeness (QED) is 0.0440. The molecule has 3 amide bonds. The third-order valence-electron chi connectivity index (χ3n) is 18.6. The van der Waals surface area contributed by atoms with Gasteiger partial charge in [0.15, 0.2) is 11.6 Å². The van der Waals surface area contributed by atoms with Gasteiger partial charge < -0.3 is 64.5 Å². The summed E-state index contributed by atoms with van der Waals surface area (Å²) in [5.41, 5.74) is 3.42. The Morgan fingerprint density at radius 1 is 0.693 bits per heavy atom. The number of hydrogen-bond donors (Lipinski definition) is 6. The van der Waals surface area contributed by atoms with Crippen LogP contribution in [0.3, 0.4) is 0 Å². The van der Waals surface area contributed by atoms with Crippen molar-refractivity contribution in [1.29, 1.82) is 0 Å². The lowest BCUT2D eigenvalue weighted by molar-refractivity contribution is -0.139. The van der Waals surface area contributed by atoms with Crippen LogP contribution in [-0.4, -0.2) is 150 Å². The molecule has 11 rings (SSSR count). The number of halogens is 5. The first-order chi connectivity index (χ1) is 42.4. The summed E-state index contributed by atoms with van der Waals surface area (Å²) < 4.78 is 103. The van der Waals surface area contributed by atoms with Gasteiger partial charge in [0, 0.05) is 69.3 Å². The van der Waals surface area contributed by atoms with Gasteiger partial charge in [0.05, 0.1) is 78.7 Å². The number of likely N-dealkylation sites (tertiary alicyclic amines) is 2. The number of hydrogen-bond acceptors (Lipinski definition) is 14. The maximum absolute atomic E-state index is 17.2. The van der Waals surface area contributed by atoms with Crippen molar-refractivity contribution >= 4 is 51.5 Å². The Bertz CT molecular complexity index is 3650. The molecular weight excluding hydrogens is 1150 g/mol. The van der Waals surface area contributed by atoms with Crippen LogP contribution >= 0.6 is 0 Å². The van der Waals surface area contributed by atoms with E-state index in [2.05, 4.69) is 20.6 Å². The van der Waals surface area contributed by atoms with E-state index in [1.165, 1.54) is 62.6 Å². The molecule has 2 aromatic heterocycles. The molecule has 1 unspecified atom stereocenters. The molecule has 19 nitrogen and oxygen atoms in total. The zero-order chi connectivity index (χ0) is 62.3. The minimum Gasteiger partial charge on any atom is -0.453 e. The van der Waals surface area contributed by atoms with Crippen molar-refractivity contribution in [3.8, 4) is 11.1 Å². The molecule has 6 N–H and O–H groups in total. The van der Waals surface area contributed by atoms with E-state index in [-0.39, 0.29) is 64.7 Å². The molecular formula is C64H73F5N10O9. The molecule has 4 fully saturated rings. The van der Waals surface area contributed by atoms with Gasteiger partial charge in [-0.05, 0) is 124 Å². The van der Waals surface area contributed by atoms with E-state index in [0.29, 0.717) is 80.8 Å². The fourth-order valence-electron chi connectivity index (χ4n) is 13.8. The van der Waals surface area contributed by atoms with Crippen LogP contribution in [0.2, 0.25) is 0 Å². The van der Waals surface area contributed by atoms with Gasteiger partial charge in [-0.1, -0.05) is 36.4 Å². The monoisotopic (exact) mass is 1220 g/mol. The number of nitrogens with zero attached hydrogens (tertiary/aromatic N) is 6. The maximum Gasteiger partial charge on any atom is 0.407 e. The summed E-state index contributed by atoms with van der Waals surface area (Å²) in [4.78, 5) is 62.0. The SMILES string of the molecule is COC(=O)N[C@H](C(=O)N1CCC[C@H]1c1nc2cc(F)c([C@H]3CC[C@H](c4cc5[nH]c([C@@]6(C)CCCN6C(O)[C@@H](NC(=O)OC)[C@@H](C)OC)nc5cc4F)N3c3cc(F)c(N4CCC(c5ccc(-c6ccc(F)cc6)cc5)CC4)c(F)c3)cc2[nH]1)[C@@H](CO)OC. The Morgan fingerprint density at radius 3 is 1.88 bits per heavy atom. The number of H-pyrrole nitrogens is 2. The van der Waals surface area contributed by atoms with Crippen molar-refractivity contribution in [3.63, 3.8) is 0 Å². The van der Waals surface area contributed by atoms with Crippen molar-refractivity contribution in [2.45, 2.75) is 125 Å². The number of imidazole rings is 2. The number of fused-ring (bicyclic) bond motifs is 2. The van der Waals surface area contributed by atoms with Gasteiger partial charge in [-0.2, -0.15) is 0 Å². The minimum atomic E-state index is -1.32. The van der Waals surface area contributed by atoms with E-state index in [4.69, 9.17) is 28.9 Å². The molecule has 0 bridgehead atoms. The third kappa shape index (κ3) is 11.8. The Kier molecular flexibility index (Phi) is 18.0. The highest BCUT2D eigenvalue weighted by molar-refractivity contribution is 5.87. The Hall–Kier alpha value is -7.90. The van der Waals surface area contributed by atoms with Gasteiger partial charge >= 0.3 is 12.2 Å². The first kappa shape index (κ1) is 61.7. The smallest absolute Gasteiger partial charge is 0.407 e. The number of rotatable bonds is 18. The van der Waals surface area contributed by atoms with Crippen LogP contribution in [0.1, 0.15) is 118 Å². The number of piperidine rings is 1. The van der Waals surface area contributed by atoms with Crippen LogP contribution < -0.4 is 20.4 Å². The number of carbonyl (C=O) groups is 3. The number of aliphatic hydroxyl groups is 2. The van der Waals surface area contributed by atoms with Crippen molar-refractivity contribution in [2.24, 2.45) is 0 Å². The number of ether oxygens (including phenoxy) is 4. The molecule has 24 heteroatoms. The number of carbonyl (C=O) groups excluding carboxylic acids is 3. The van der Waals surface area contributed by atoms with Gasteiger partial charge in [0.25, 0.3) is 0 Å². The van der Waals surface area contributed by atoms with Crippen LogP contribution in [0, 0.1) is 29.1 Å². The number of benzene rings is 5. The van der Waals surface area contributed by atoms with Gasteiger partial charge in [-0.15, -0.1) is 0 Å². The number of methoxy groups -OCH3 is 4. The lowest BCUT2D eigenvalue weighted by Crippen LogP contribution is -2.59. The highest BCUT2D eigenvalue weighted by atomic mass is 19.1. The molecule has 0 saturated carbocycles. The van der Waals surface area contributed by atoms with E-state index in [1.807, 2.05) is 31.2 Å². The van der Waals surface area contributed by atoms with Gasteiger partial charge in [0.2, 0.25) is 5.91 Å². The van der Waals surface area contributed by atoms with Crippen molar-refractivity contribution in [2.75, 3.05) is 71.0 Å². The topological polar surface area (TPSA) is 223 Å². The molecule has 4 aliphatic rings. The standard InChI is InChI=1S/C64H73F5N10O9/c1-34(85-3)55(74-62(83)87-5)60(82)78-24-8-22-64(78,2)61-72-48-30-42(44(67)32-50(48)73-61)52-19-18-51(41-29-47-49(31-43(41)66)71-58(70-47)53-9-7-23-77(53)59(81)56(54(33-80)86-4)75-63(84)88-6)79(52)40-27-45(68)57(46(69)28-40)76-25-20-38(21-26-76)36-12-10-35(11-13-36)37-14-16-39(65)17-15-37/h10-17,27-32,34,38,51-56,60,80,82H,7-9,18-26,33H2,1-6H3,(H,70,71)(H,72,73)(H,74,83)(H,75,84)/t34-,51-,52-,53+,54-,55+,56+,60?,64-/m1/s1. The van der Waals surface area contributed by atoms with E-state index in [1.54, 1.807) is 45.9 Å². The molecule has 0 radical (unpaired) electrons. The second-order valence-corrected chi connectivity index (χ2v) is 23.5. The van der Waals surface area contributed by atoms with E-state index < -0.39 is 102 Å². The van der Waals surface area contributed by atoms with Gasteiger partial charge in [0.1, 0.15) is 53.2 Å². The highest BCUT2D eigenvalue weighted by Crippen LogP contribution is 2.51. The number of anilines is 2. The predicted octanol–water partition coefficient (Wildman–Crippen LogP) is 10.1. The minimum absolute atomic E-state index is 0.0490. The normalized spacial score (nSPS) is 21.9. The van der Waals surface area contributed by atoms with Crippen LogP contribution in [-0.2, 0) is 29.3 Å². The van der Waals surface area contributed by atoms with Crippen LogP contribution in [0.15, 0.2) is 84.9 Å². The molecule has 4 aliphatic heterocycles. The molecule has 9 atom stereocenters. The highest BCUT2D eigenvalue weighted by Gasteiger charge is 2.48. The lowest BCUT2D eigenvalue weighted by Gasteiger charge is -2.41. The van der Waals surface area contributed by atoms with E-state index in [9.17, 15) is 29.0 Å². The number of nitrogens with one attached hydrogen (secondary N) is 4. The molecule has 7 aromatic rings. The first-order valence-electron chi connectivity index (χ1n) is 29.7. The molecule has 0 aliphatic carbocycles. The Morgan fingerprint density at radius 2 is 1.28 bits per heavy atom. The summed E-state index contributed by atoms with van der Waals surface area (Å²) in [5, 5.41) is 27.2. The second-order valence-electron chi connectivity index (χ2n) is 23.5. The summed E-state index contributed by atoms with van der Waals surface area (Å²) >= 11 is 0.